The third-order valence-corrected chi connectivity index (χ3v) is 6.31. The van der Waals surface area contributed by atoms with Gasteiger partial charge in [-0.05, 0) is 64.4 Å². The molecule has 5 aromatic rings. The van der Waals surface area contributed by atoms with Crippen molar-refractivity contribution in [2.24, 2.45) is 7.05 Å². The normalized spacial score (nSPS) is 12.3. The molecule has 0 aliphatic rings. The Labute approximate surface area is 230 Å². The van der Waals surface area contributed by atoms with Crippen LogP contribution in [0, 0.1) is 0 Å². The number of halogens is 3. The van der Waals surface area contributed by atoms with Gasteiger partial charge in [0.15, 0.2) is 5.82 Å². The highest BCUT2D eigenvalue weighted by molar-refractivity contribution is 6.06. The lowest BCUT2D eigenvalue weighted by molar-refractivity contribution is -0.137. The number of aromatic carboxylic acids is 1. The van der Waals surface area contributed by atoms with Crippen LogP contribution < -0.4 is 5.32 Å². The van der Waals surface area contributed by atoms with E-state index in [0.717, 1.165) is 23.8 Å². The quantitative estimate of drug-likeness (QED) is 0.262. The van der Waals surface area contributed by atoms with Crippen LogP contribution in [0.5, 0.6) is 5.75 Å². The smallest absolute Gasteiger partial charge is 0.416 e. The topological polar surface area (TPSA) is 143 Å². The van der Waals surface area contributed by atoms with Crippen LogP contribution in [0.4, 0.5) is 13.2 Å². The van der Waals surface area contributed by atoms with Gasteiger partial charge in [0, 0.05) is 11.8 Å². The highest BCUT2D eigenvalue weighted by atomic mass is 19.4. The summed E-state index contributed by atoms with van der Waals surface area (Å²) in [7, 11) is 1.56. The number of hydrogen-bond donors (Lipinski definition) is 3. The van der Waals surface area contributed by atoms with Crippen molar-refractivity contribution in [2.45, 2.75) is 18.6 Å². The van der Waals surface area contributed by atoms with Crippen molar-refractivity contribution in [3.8, 4) is 16.9 Å². The van der Waals surface area contributed by atoms with Crippen molar-refractivity contribution < 1.29 is 33.0 Å². The molecule has 0 fully saturated rings. The fraction of sp³-hybridized carbons (Fsp3) is 0.143. The Morgan fingerprint density at radius 1 is 1.00 bits per heavy atom. The van der Waals surface area contributed by atoms with Crippen LogP contribution in [0.15, 0.2) is 72.8 Å². The van der Waals surface area contributed by atoms with Crippen LogP contribution in [-0.4, -0.2) is 47.3 Å². The van der Waals surface area contributed by atoms with Gasteiger partial charge in [-0.15, -0.1) is 10.2 Å². The third kappa shape index (κ3) is 5.98. The number of rotatable bonds is 7. The van der Waals surface area contributed by atoms with E-state index in [0.29, 0.717) is 5.56 Å². The van der Waals surface area contributed by atoms with Gasteiger partial charge in [0.25, 0.3) is 5.91 Å². The molecule has 10 nitrogen and oxygen atoms in total. The first-order valence-corrected chi connectivity index (χ1v) is 12.2. The van der Waals surface area contributed by atoms with Gasteiger partial charge in [-0.25, -0.2) is 9.78 Å². The van der Waals surface area contributed by atoms with Gasteiger partial charge in [-0.2, -0.15) is 18.0 Å². The van der Waals surface area contributed by atoms with E-state index < -0.39 is 29.7 Å². The number of nitrogens with one attached hydrogen (secondary N) is 1. The zero-order chi connectivity index (χ0) is 29.3. The third-order valence-electron chi connectivity index (χ3n) is 6.31. The van der Waals surface area contributed by atoms with Crippen LogP contribution in [0.2, 0.25) is 0 Å². The molecule has 2 heterocycles. The molecule has 0 saturated heterocycles. The molecule has 0 radical (unpaired) electrons. The summed E-state index contributed by atoms with van der Waals surface area (Å²) in [6, 6.07) is 15.7. The van der Waals surface area contributed by atoms with E-state index in [4.69, 9.17) is 0 Å². The Morgan fingerprint density at radius 2 is 1.73 bits per heavy atom. The second kappa shape index (κ2) is 10.7. The van der Waals surface area contributed by atoms with Gasteiger partial charge >= 0.3 is 12.1 Å². The molecular formula is C28H21F3N6O4. The molecule has 41 heavy (non-hydrogen) atoms. The molecule has 3 aromatic carbocycles. The minimum absolute atomic E-state index is 0.0738. The number of aryl methyl sites for hydroxylation is 1. The number of carboxylic acid groups (broad SMARTS) is 1. The average Bonchev–Trinajstić information content (AvgIpc) is 3.38. The van der Waals surface area contributed by atoms with E-state index in [1.165, 1.54) is 47.3 Å². The number of nitrogens with zero attached hydrogens (tertiary/aromatic N) is 5. The van der Waals surface area contributed by atoms with Crippen molar-refractivity contribution in [3.05, 3.63) is 101 Å². The molecule has 208 valence electrons. The summed E-state index contributed by atoms with van der Waals surface area (Å²) in [4.78, 5) is 31.1. The van der Waals surface area contributed by atoms with E-state index >= 15 is 0 Å². The van der Waals surface area contributed by atoms with Gasteiger partial charge in [-0.1, -0.05) is 30.3 Å². The number of hydrogen-bond acceptors (Lipinski definition) is 7. The summed E-state index contributed by atoms with van der Waals surface area (Å²) >= 11 is 0. The van der Waals surface area contributed by atoms with Gasteiger partial charge < -0.3 is 15.5 Å². The number of pyridine rings is 1. The Balaban J connectivity index is 1.49. The summed E-state index contributed by atoms with van der Waals surface area (Å²) < 4.78 is 39.6. The molecule has 1 amide bonds. The highest BCUT2D eigenvalue weighted by Crippen LogP contribution is 2.33. The number of benzene rings is 3. The molecule has 0 aliphatic carbocycles. The number of phenolic OH excluding ortho intramolecular Hbond substituents is 1. The number of aromatic nitrogens is 5. The lowest BCUT2D eigenvalue weighted by Crippen LogP contribution is -2.31. The van der Waals surface area contributed by atoms with E-state index in [2.05, 4.69) is 25.7 Å². The summed E-state index contributed by atoms with van der Waals surface area (Å²) in [5.74, 6) is -1.76. The molecule has 2 aromatic heterocycles. The number of aromatic hydroxyl groups is 1. The second-order valence-corrected chi connectivity index (χ2v) is 9.20. The maximum absolute atomic E-state index is 13.3. The molecule has 13 heteroatoms. The predicted octanol–water partition coefficient (Wildman–Crippen LogP) is 4.56. The Morgan fingerprint density at radius 3 is 2.39 bits per heavy atom. The predicted molar refractivity (Wildman–Crippen MR) is 140 cm³/mol. The largest absolute Gasteiger partial charge is 0.508 e. The molecule has 0 bridgehead atoms. The van der Waals surface area contributed by atoms with E-state index in [-0.39, 0.29) is 45.7 Å². The summed E-state index contributed by atoms with van der Waals surface area (Å²) in [5, 5.41) is 34.4. The molecule has 1 atom stereocenters. The first-order chi connectivity index (χ1) is 19.5. The van der Waals surface area contributed by atoms with Gasteiger partial charge in [-0.3, -0.25) is 4.79 Å². The highest BCUT2D eigenvalue weighted by Gasteiger charge is 2.30. The van der Waals surface area contributed by atoms with Crippen LogP contribution >= 0.6 is 0 Å². The standard InChI is InChI=1S/C28H21F3N6O4/c1-37-35-25(34-36-37)23(11-15-5-8-19(38)9-6-15)33-26(39)24-14-21(27(40)41)20-13-17(7-10-22(20)32-24)16-3-2-4-18(12-16)28(29,30)31/h2-10,12-14,23,38H,11H2,1H3,(H,33,39)(H,40,41)/t23-/m0/s1. The molecular weight excluding hydrogens is 541 g/mol. The van der Waals surface area contributed by atoms with Gasteiger partial charge in [0.2, 0.25) is 0 Å². The molecule has 3 N–H and O–H groups in total. The maximum atomic E-state index is 13.3. The average molecular weight is 563 g/mol. The number of amides is 1. The minimum Gasteiger partial charge on any atom is -0.508 e. The number of fused-ring (bicyclic) bond motifs is 1. The monoisotopic (exact) mass is 562 g/mol. The number of tetrazole rings is 1. The number of carboxylic acids is 1. The molecule has 0 saturated carbocycles. The molecule has 0 unspecified atom stereocenters. The summed E-state index contributed by atoms with van der Waals surface area (Å²) in [5.41, 5.74) is 0.237. The van der Waals surface area contributed by atoms with Crippen LogP contribution in [0.3, 0.4) is 0 Å². The Hall–Kier alpha value is -5.33. The molecule has 0 aliphatic heterocycles. The number of carbonyl (C=O) groups excluding carboxylic acids is 1. The lowest BCUT2D eigenvalue weighted by Gasteiger charge is -2.16. The number of carbonyl (C=O) groups is 2. The number of alkyl halides is 3. The summed E-state index contributed by atoms with van der Waals surface area (Å²) in [6.45, 7) is 0. The molecule has 0 spiro atoms. The zero-order valence-corrected chi connectivity index (χ0v) is 21.3. The Kier molecular flexibility index (Phi) is 7.10. The summed E-state index contributed by atoms with van der Waals surface area (Å²) in [6.07, 6.45) is -4.30. The van der Waals surface area contributed by atoms with Crippen molar-refractivity contribution in [2.75, 3.05) is 0 Å². The SMILES string of the molecule is Cn1nnc([C@H](Cc2ccc(O)cc2)NC(=O)c2cc(C(=O)O)c3cc(-c4cccc(C(F)(F)F)c4)ccc3n2)n1. The minimum atomic E-state index is -4.54. The molecule has 5 rings (SSSR count). The van der Waals surface area contributed by atoms with Crippen molar-refractivity contribution >= 4 is 22.8 Å². The van der Waals surface area contributed by atoms with Crippen LogP contribution in [0.1, 0.15) is 43.8 Å². The van der Waals surface area contributed by atoms with Gasteiger partial charge in [0.1, 0.15) is 11.4 Å². The van der Waals surface area contributed by atoms with E-state index in [1.807, 2.05) is 0 Å². The van der Waals surface area contributed by atoms with Crippen molar-refractivity contribution in [1.29, 1.82) is 0 Å². The fourth-order valence-electron chi connectivity index (χ4n) is 4.32. The van der Waals surface area contributed by atoms with Crippen LogP contribution in [-0.2, 0) is 19.6 Å². The van der Waals surface area contributed by atoms with Crippen molar-refractivity contribution in [1.82, 2.24) is 30.5 Å². The van der Waals surface area contributed by atoms with E-state index in [9.17, 15) is 33.0 Å². The maximum Gasteiger partial charge on any atom is 0.416 e. The first-order valence-electron chi connectivity index (χ1n) is 12.2. The van der Waals surface area contributed by atoms with Crippen molar-refractivity contribution in [3.63, 3.8) is 0 Å². The number of phenols is 1. The van der Waals surface area contributed by atoms with E-state index in [1.54, 1.807) is 19.2 Å². The van der Waals surface area contributed by atoms with Crippen LogP contribution in [0.25, 0.3) is 22.0 Å². The second-order valence-electron chi connectivity index (χ2n) is 9.20. The van der Waals surface area contributed by atoms with Gasteiger partial charge in [0.05, 0.1) is 29.7 Å². The zero-order valence-electron chi connectivity index (χ0n) is 21.3. The lowest BCUT2D eigenvalue weighted by atomic mass is 9.98. The fourth-order valence-corrected chi connectivity index (χ4v) is 4.32. The Bertz CT molecular complexity index is 1770. The first kappa shape index (κ1) is 27.2.